The van der Waals surface area contributed by atoms with Crippen molar-refractivity contribution < 1.29 is 18.6 Å². The third-order valence-electron chi connectivity index (χ3n) is 11.5. The maximum absolute atomic E-state index is 6.54. The van der Waals surface area contributed by atoms with Gasteiger partial charge < -0.3 is 18.6 Å². The highest BCUT2D eigenvalue weighted by atomic mass is 16.7. The molecule has 0 spiro atoms. The molecule has 2 aliphatic heterocycles. The molecule has 0 aromatic heterocycles. The lowest BCUT2D eigenvalue weighted by Crippen LogP contribution is -2.41. The summed E-state index contributed by atoms with van der Waals surface area (Å²) in [7, 11) is -0.718. The molecule has 0 bridgehead atoms. The van der Waals surface area contributed by atoms with Gasteiger partial charge in [-0.15, -0.1) is 0 Å². The van der Waals surface area contributed by atoms with E-state index in [0.717, 1.165) is 10.9 Å². The van der Waals surface area contributed by atoms with E-state index < -0.39 is 0 Å². The zero-order valence-corrected chi connectivity index (χ0v) is 29.5. The van der Waals surface area contributed by atoms with E-state index in [-0.39, 0.29) is 36.6 Å². The summed E-state index contributed by atoms with van der Waals surface area (Å²) in [6.07, 6.45) is 12.9. The van der Waals surface area contributed by atoms with E-state index in [2.05, 4.69) is 106 Å². The largest absolute Gasteiger partial charge is 0.494 e. The number of rotatable bonds is 13. The van der Waals surface area contributed by atoms with Crippen molar-refractivity contribution in [3.63, 3.8) is 0 Å². The predicted octanol–water partition coefficient (Wildman–Crippen LogP) is 8.95. The second-order valence-corrected chi connectivity index (χ2v) is 15.8. The molecule has 2 heterocycles. The second kappa shape index (κ2) is 12.9. The summed E-state index contributed by atoms with van der Waals surface area (Å²) in [4.78, 5) is 0. The molecular weight excluding hydrogens is 542 g/mol. The van der Waals surface area contributed by atoms with Crippen LogP contribution >= 0.6 is 0 Å². The Labute approximate surface area is 269 Å². The Morgan fingerprint density at radius 3 is 1.25 bits per heavy atom. The fourth-order valence-corrected chi connectivity index (χ4v) is 7.24. The maximum Gasteiger partial charge on any atom is 0.494 e. The van der Waals surface area contributed by atoms with Gasteiger partial charge >= 0.3 is 14.2 Å². The summed E-state index contributed by atoms with van der Waals surface area (Å²) < 4.78 is 26.1. The van der Waals surface area contributed by atoms with E-state index in [0.29, 0.717) is 11.8 Å². The fourth-order valence-electron chi connectivity index (χ4n) is 7.24. The maximum atomic E-state index is 6.54. The second-order valence-electron chi connectivity index (χ2n) is 15.8. The summed E-state index contributed by atoms with van der Waals surface area (Å²) in [5.74, 6) is 0.929. The van der Waals surface area contributed by atoms with Gasteiger partial charge in [-0.3, -0.25) is 0 Å². The van der Waals surface area contributed by atoms with Crippen molar-refractivity contribution in [2.24, 2.45) is 5.92 Å². The number of unbranched alkanes of at least 4 members (excludes halogenated alkanes) is 6. The van der Waals surface area contributed by atoms with Gasteiger partial charge in [-0.1, -0.05) is 102 Å². The lowest BCUT2D eigenvalue weighted by Gasteiger charge is -2.32. The van der Waals surface area contributed by atoms with Crippen LogP contribution in [0.2, 0.25) is 0 Å². The predicted molar refractivity (Wildman–Crippen MR) is 186 cm³/mol. The summed E-state index contributed by atoms with van der Waals surface area (Å²) in [6, 6.07) is 13.9. The normalized spacial score (nSPS) is 21.3. The smallest absolute Gasteiger partial charge is 0.399 e. The molecule has 0 radical (unpaired) electrons. The standard InChI is InChI=1S/C38H58B2O4/c1-11-13-15-17-19-27(20-18-16-14-12-2)34-32-25-28(39-41-35(3,4)36(5,6)42-39)21-23-30(32)31-24-22-29(26-33(31)34)40-43-37(7,8)38(9,10)44-40/h21-27,34H,11-20H2,1-10H3. The molecule has 240 valence electrons. The number of fused-ring (bicyclic) bond motifs is 3. The van der Waals surface area contributed by atoms with Gasteiger partial charge in [-0.05, 0) is 107 Å². The zero-order valence-electron chi connectivity index (χ0n) is 29.5. The molecule has 4 nitrogen and oxygen atoms in total. The van der Waals surface area contributed by atoms with Crippen molar-refractivity contribution in [3.8, 4) is 11.1 Å². The Balaban J connectivity index is 1.54. The zero-order chi connectivity index (χ0) is 31.9. The number of hydrogen-bond donors (Lipinski definition) is 0. The Morgan fingerprint density at radius 2 is 0.909 bits per heavy atom. The van der Waals surface area contributed by atoms with E-state index in [4.69, 9.17) is 18.6 Å². The van der Waals surface area contributed by atoms with Crippen LogP contribution in [0.1, 0.15) is 150 Å². The molecule has 3 aliphatic rings. The number of hydrogen-bond acceptors (Lipinski definition) is 4. The van der Waals surface area contributed by atoms with Crippen molar-refractivity contribution in [3.05, 3.63) is 47.5 Å². The topological polar surface area (TPSA) is 36.9 Å². The SMILES string of the molecule is CCCCCCC(CCCCCC)C1c2cc(B3OC(C)(C)C(C)(C)O3)ccc2-c2ccc(B3OC(C)(C)C(C)(C)O3)cc21. The van der Waals surface area contributed by atoms with Gasteiger partial charge in [0.05, 0.1) is 22.4 Å². The van der Waals surface area contributed by atoms with Crippen molar-refractivity contribution in [2.45, 2.75) is 162 Å². The average Bonchev–Trinajstić information content (AvgIpc) is 3.48. The minimum atomic E-state index is -0.363. The van der Waals surface area contributed by atoms with Gasteiger partial charge in [0.15, 0.2) is 0 Å². The molecule has 0 amide bonds. The highest BCUT2D eigenvalue weighted by Gasteiger charge is 2.53. The summed E-state index contributed by atoms with van der Waals surface area (Å²) in [6.45, 7) is 21.7. The van der Waals surface area contributed by atoms with Crippen molar-refractivity contribution in [2.75, 3.05) is 0 Å². The summed E-state index contributed by atoms with van der Waals surface area (Å²) in [5.41, 5.74) is 6.40. The average molecular weight is 601 g/mol. The molecule has 0 atom stereocenters. The summed E-state index contributed by atoms with van der Waals surface area (Å²) >= 11 is 0. The van der Waals surface area contributed by atoms with Crippen LogP contribution < -0.4 is 10.9 Å². The van der Waals surface area contributed by atoms with E-state index in [1.165, 1.54) is 86.5 Å². The lowest BCUT2D eigenvalue weighted by molar-refractivity contribution is 0.00578. The van der Waals surface area contributed by atoms with Crippen molar-refractivity contribution in [1.82, 2.24) is 0 Å². The highest BCUT2D eigenvalue weighted by Crippen LogP contribution is 2.51. The first-order valence-corrected chi connectivity index (χ1v) is 17.7. The minimum absolute atomic E-state index is 0.341. The molecule has 0 unspecified atom stereocenters. The highest BCUT2D eigenvalue weighted by molar-refractivity contribution is 6.62. The van der Waals surface area contributed by atoms with E-state index in [1.807, 2.05) is 0 Å². The monoisotopic (exact) mass is 600 g/mol. The molecule has 0 N–H and O–H groups in total. The first kappa shape index (κ1) is 33.8. The quantitative estimate of drug-likeness (QED) is 0.170. The lowest BCUT2D eigenvalue weighted by atomic mass is 9.72. The summed E-state index contributed by atoms with van der Waals surface area (Å²) in [5, 5.41) is 0. The molecule has 44 heavy (non-hydrogen) atoms. The van der Waals surface area contributed by atoms with E-state index >= 15 is 0 Å². The van der Waals surface area contributed by atoms with Crippen LogP contribution in [0.3, 0.4) is 0 Å². The van der Waals surface area contributed by atoms with Crippen LogP contribution in [0.15, 0.2) is 36.4 Å². The van der Waals surface area contributed by atoms with Crippen LogP contribution in [-0.2, 0) is 18.6 Å². The van der Waals surface area contributed by atoms with Gasteiger partial charge in [0.2, 0.25) is 0 Å². The number of benzene rings is 2. The molecule has 2 fully saturated rings. The van der Waals surface area contributed by atoms with Crippen LogP contribution in [0, 0.1) is 5.92 Å². The first-order chi connectivity index (χ1) is 20.7. The minimum Gasteiger partial charge on any atom is -0.399 e. The third-order valence-corrected chi connectivity index (χ3v) is 11.5. The Hall–Kier alpha value is -1.59. The molecule has 2 aromatic rings. The molecule has 2 aromatic carbocycles. The van der Waals surface area contributed by atoms with Crippen LogP contribution in [0.25, 0.3) is 11.1 Å². The van der Waals surface area contributed by atoms with Gasteiger partial charge in [0, 0.05) is 5.92 Å². The molecule has 0 saturated carbocycles. The molecular formula is C38H58B2O4. The Morgan fingerprint density at radius 1 is 0.545 bits per heavy atom. The van der Waals surface area contributed by atoms with E-state index in [1.54, 1.807) is 0 Å². The van der Waals surface area contributed by atoms with Crippen LogP contribution in [0.5, 0.6) is 0 Å². The fraction of sp³-hybridized carbons (Fsp3) is 0.684. The molecule has 5 rings (SSSR count). The third kappa shape index (κ3) is 6.48. The van der Waals surface area contributed by atoms with Crippen LogP contribution in [0.4, 0.5) is 0 Å². The van der Waals surface area contributed by atoms with Gasteiger partial charge in [0.25, 0.3) is 0 Å². The molecule has 6 heteroatoms. The first-order valence-electron chi connectivity index (χ1n) is 17.7. The van der Waals surface area contributed by atoms with Crippen molar-refractivity contribution in [1.29, 1.82) is 0 Å². The molecule has 1 aliphatic carbocycles. The Bertz CT molecular complexity index is 1170. The van der Waals surface area contributed by atoms with Gasteiger partial charge in [-0.25, -0.2) is 0 Å². The Kier molecular flexibility index (Phi) is 9.90. The molecule has 2 saturated heterocycles. The van der Waals surface area contributed by atoms with Gasteiger partial charge in [0.1, 0.15) is 0 Å². The van der Waals surface area contributed by atoms with Crippen LogP contribution in [-0.4, -0.2) is 36.6 Å². The van der Waals surface area contributed by atoms with Crippen molar-refractivity contribution >= 4 is 25.2 Å². The van der Waals surface area contributed by atoms with Gasteiger partial charge in [-0.2, -0.15) is 0 Å². The van der Waals surface area contributed by atoms with E-state index in [9.17, 15) is 0 Å².